The van der Waals surface area contributed by atoms with Crippen LogP contribution in [-0.2, 0) is 9.47 Å². The van der Waals surface area contributed by atoms with Gasteiger partial charge in [0.05, 0.1) is 13.2 Å². The molecule has 2 aromatic rings. The fourth-order valence-corrected chi connectivity index (χ4v) is 3.31. The molecular formula is C29H47O7+. The molecule has 1 heterocycles. The van der Waals surface area contributed by atoms with E-state index in [0.717, 1.165) is 44.3 Å². The summed E-state index contributed by atoms with van der Waals surface area (Å²) in [6.45, 7) is 6.08. The molecule has 0 radical (unpaired) electrons. The predicted molar refractivity (Wildman–Crippen MR) is 144 cm³/mol. The van der Waals surface area contributed by atoms with Crippen LogP contribution in [0.4, 0.5) is 0 Å². The first kappa shape index (κ1) is 33.5. The molecule has 0 bridgehead atoms. The fourth-order valence-electron chi connectivity index (χ4n) is 3.31. The van der Waals surface area contributed by atoms with Gasteiger partial charge in [0, 0.05) is 36.2 Å². The van der Waals surface area contributed by atoms with E-state index in [4.69, 9.17) is 24.8 Å². The molecule has 0 spiro atoms. The molecule has 0 aromatic heterocycles. The second-order valence-electron chi connectivity index (χ2n) is 8.68. The highest BCUT2D eigenvalue weighted by atomic mass is 16.7. The summed E-state index contributed by atoms with van der Waals surface area (Å²) < 4.78 is 11.4. The summed E-state index contributed by atoms with van der Waals surface area (Å²) in [7, 11) is 0. The van der Waals surface area contributed by atoms with Crippen LogP contribution in [0.1, 0.15) is 83.4 Å². The monoisotopic (exact) mass is 507 g/mol. The van der Waals surface area contributed by atoms with E-state index in [-0.39, 0.29) is 45.8 Å². The van der Waals surface area contributed by atoms with Crippen molar-refractivity contribution >= 4 is 6.29 Å². The second kappa shape index (κ2) is 20.7. The van der Waals surface area contributed by atoms with Gasteiger partial charge in [-0.05, 0) is 49.2 Å². The van der Waals surface area contributed by atoms with E-state index in [1.165, 1.54) is 31.4 Å². The normalized spacial score (nSPS) is 16.6. The molecule has 1 saturated heterocycles. The van der Waals surface area contributed by atoms with Gasteiger partial charge >= 0.3 is 1.43 Å². The number of aldehydes is 1. The Morgan fingerprint density at radius 2 is 1.39 bits per heavy atom. The maximum Gasteiger partial charge on any atom is 1.00 e. The van der Waals surface area contributed by atoms with Gasteiger partial charge in [0.1, 0.15) is 17.8 Å². The number of carbonyl (C=O) groups excluding carboxylic acids is 1. The first-order valence-corrected chi connectivity index (χ1v) is 12.4. The minimum absolute atomic E-state index is 0. The lowest BCUT2D eigenvalue weighted by molar-refractivity contribution is -0.206. The number of phenols is 2. The van der Waals surface area contributed by atoms with Crippen molar-refractivity contribution in [2.45, 2.75) is 66.1 Å². The highest BCUT2D eigenvalue weighted by molar-refractivity contribution is 5.74. The third-order valence-electron chi connectivity index (χ3n) is 5.61. The Balaban J connectivity index is 0. The quantitative estimate of drug-likeness (QED) is 0.293. The van der Waals surface area contributed by atoms with E-state index >= 15 is 0 Å². The molecule has 7 heteroatoms. The van der Waals surface area contributed by atoms with Gasteiger partial charge < -0.3 is 29.9 Å². The van der Waals surface area contributed by atoms with Crippen LogP contribution in [0.3, 0.4) is 0 Å². The molecule has 7 nitrogen and oxygen atoms in total. The van der Waals surface area contributed by atoms with Gasteiger partial charge in [-0.2, -0.15) is 0 Å². The molecule has 1 aliphatic rings. The fraction of sp³-hybridized carbons (Fsp3) is 0.552. The van der Waals surface area contributed by atoms with E-state index in [9.17, 15) is 9.90 Å². The molecule has 204 valence electrons. The van der Waals surface area contributed by atoms with Crippen LogP contribution in [-0.4, -0.2) is 53.1 Å². The summed E-state index contributed by atoms with van der Waals surface area (Å²) in [6, 6.07) is 13.1. The summed E-state index contributed by atoms with van der Waals surface area (Å²) in [4.78, 5) is 10.0. The van der Waals surface area contributed by atoms with Crippen LogP contribution < -0.4 is 0 Å². The van der Waals surface area contributed by atoms with Gasteiger partial charge in [-0.3, -0.25) is 4.79 Å². The SMILES string of the molecule is C.CCCCC(CO)CO.CCCCC1COC(c2ccc(O)cc2)OC1.O=Cc1ccc(O)cc1.[H+]. The molecule has 0 atom stereocenters. The van der Waals surface area contributed by atoms with E-state index in [2.05, 4.69) is 13.8 Å². The van der Waals surface area contributed by atoms with Gasteiger partial charge in [-0.15, -0.1) is 0 Å². The third-order valence-corrected chi connectivity index (χ3v) is 5.61. The van der Waals surface area contributed by atoms with E-state index in [1.54, 1.807) is 24.3 Å². The molecule has 0 unspecified atom stereocenters. The Labute approximate surface area is 218 Å². The number of aliphatic hydroxyl groups is 2. The van der Waals surface area contributed by atoms with Crippen molar-refractivity contribution in [2.24, 2.45) is 11.8 Å². The number of benzene rings is 2. The van der Waals surface area contributed by atoms with Gasteiger partial charge in [-0.1, -0.05) is 59.1 Å². The number of hydrogen-bond donors (Lipinski definition) is 4. The summed E-state index contributed by atoms with van der Waals surface area (Å²) >= 11 is 0. The number of ether oxygens (including phenoxy) is 2. The zero-order valence-corrected chi connectivity index (χ0v) is 21.0. The maximum absolute atomic E-state index is 10.0. The number of aliphatic hydroxyl groups excluding tert-OH is 2. The van der Waals surface area contributed by atoms with E-state index < -0.39 is 0 Å². The van der Waals surface area contributed by atoms with Crippen molar-refractivity contribution in [2.75, 3.05) is 26.4 Å². The lowest BCUT2D eigenvalue weighted by Gasteiger charge is -2.29. The first-order valence-electron chi connectivity index (χ1n) is 12.4. The zero-order chi connectivity index (χ0) is 25.9. The summed E-state index contributed by atoms with van der Waals surface area (Å²) in [5.74, 6) is 1.10. The highest BCUT2D eigenvalue weighted by Crippen LogP contribution is 2.27. The van der Waals surface area contributed by atoms with Crippen molar-refractivity contribution in [3.8, 4) is 11.5 Å². The average molecular weight is 508 g/mol. The number of rotatable bonds is 10. The summed E-state index contributed by atoms with van der Waals surface area (Å²) in [6.07, 6.45) is 7.29. The molecule has 0 saturated carbocycles. The van der Waals surface area contributed by atoms with Crippen LogP contribution in [0.25, 0.3) is 0 Å². The Bertz CT molecular complexity index is 772. The molecule has 36 heavy (non-hydrogen) atoms. The molecular weight excluding hydrogens is 460 g/mol. The largest absolute Gasteiger partial charge is 1.00 e. The molecule has 3 rings (SSSR count). The van der Waals surface area contributed by atoms with Gasteiger partial charge in [0.15, 0.2) is 6.29 Å². The number of unbranched alkanes of at least 4 members (excludes halogenated alkanes) is 2. The summed E-state index contributed by atoms with van der Waals surface area (Å²) in [5, 5.41) is 35.1. The molecule has 1 fully saturated rings. The number of hydrogen-bond acceptors (Lipinski definition) is 7. The first-order chi connectivity index (χ1) is 17.0. The van der Waals surface area contributed by atoms with Gasteiger partial charge in [0.2, 0.25) is 0 Å². The maximum atomic E-state index is 10.0. The van der Waals surface area contributed by atoms with Crippen LogP contribution in [0.5, 0.6) is 11.5 Å². The summed E-state index contributed by atoms with van der Waals surface area (Å²) in [5.41, 5.74) is 1.55. The third kappa shape index (κ3) is 14.2. The number of aromatic hydroxyl groups is 2. The number of carbonyl (C=O) groups is 1. The van der Waals surface area contributed by atoms with Crippen LogP contribution in [0.15, 0.2) is 48.5 Å². The molecule has 1 aliphatic heterocycles. The topological polar surface area (TPSA) is 116 Å². The minimum Gasteiger partial charge on any atom is -0.508 e. The lowest BCUT2D eigenvalue weighted by atomic mass is 10.0. The lowest BCUT2D eigenvalue weighted by Crippen LogP contribution is -2.27. The van der Waals surface area contributed by atoms with Crippen LogP contribution >= 0.6 is 0 Å². The smallest absolute Gasteiger partial charge is 0.508 e. The molecule has 2 aromatic carbocycles. The number of phenolic OH excluding ortho intramolecular Hbond substituents is 2. The van der Waals surface area contributed by atoms with Crippen molar-refractivity contribution < 1.29 is 36.1 Å². The van der Waals surface area contributed by atoms with Crippen molar-refractivity contribution in [3.63, 3.8) is 0 Å². The Morgan fingerprint density at radius 1 is 0.889 bits per heavy atom. The Hall–Kier alpha value is -2.45. The van der Waals surface area contributed by atoms with Crippen LogP contribution in [0.2, 0.25) is 0 Å². The van der Waals surface area contributed by atoms with E-state index in [0.29, 0.717) is 11.5 Å². The Kier molecular flexibility index (Phi) is 19.3. The standard InChI is InChI=1S/C14H20O3.C7H6O2.C7H16O2.CH4/c1-2-3-4-11-9-16-14(17-10-11)12-5-7-13(15)8-6-12;8-5-6-1-3-7(9)4-2-6;1-2-3-4-7(5-8)6-9;/h5-8,11,14-15H,2-4,9-10H2,1H3;1-5,9H;7-9H,2-6H2,1H3;1H4/p+1. The van der Waals surface area contributed by atoms with Crippen molar-refractivity contribution in [1.82, 2.24) is 0 Å². The zero-order valence-electron chi connectivity index (χ0n) is 22.0. The molecule has 0 aliphatic carbocycles. The predicted octanol–water partition coefficient (Wildman–Crippen LogP) is 5.97. The van der Waals surface area contributed by atoms with Gasteiger partial charge in [0.25, 0.3) is 0 Å². The van der Waals surface area contributed by atoms with Crippen LogP contribution in [0, 0.1) is 11.8 Å². The average Bonchev–Trinajstić information content (AvgIpc) is 2.90. The molecule has 4 N–H and O–H groups in total. The molecule has 0 amide bonds. The van der Waals surface area contributed by atoms with E-state index in [1.807, 2.05) is 12.1 Å². The second-order valence-corrected chi connectivity index (χ2v) is 8.68. The highest BCUT2D eigenvalue weighted by Gasteiger charge is 2.22. The minimum atomic E-state index is -0.270. The Morgan fingerprint density at radius 3 is 1.83 bits per heavy atom. The van der Waals surface area contributed by atoms with Crippen molar-refractivity contribution in [1.29, 1.82) is 0 Å². The van der Waals surface area contributed by atoms with Gasteiger partial charge in [-0.25, -0.2) is 0 Å². The van der Waals surface area contributed by atoms with Crippen molar-refractivity contribution in [3.05, 3.63) is 59.7 Å².